The van der Waals surface area contributed by atoms with Crippen LogP contribution in [0.2, 0.25) is 0 Å². The molecule has 0 atom stereocenters. The Morgan fingerprint density at radius 2 is 2.10 bits per heavy atom. The zero-order valence-electron chi connectivity index (χ0n) is 12.4. The Balaban J connectivity index is 1.82. The van der Waals surface area contributed by atoms with E-state index in [2.05, 4.69) is 37.2 Å². The summed E-state index contributed by atoms with van der Waals surface area (Å²) in [5.74, 6) is 7.08. The normalized spacial score (nSPS) is 10.6. The van der Waals surface area contributed by atoms with Crippen LogP contribution < -0.4 is 16.6 Å². The highest BCUT2D eigenvalue weighted by atomic mass is 15.3. The van der Waals surface area contributed by atoms with Crippen molar-refractivity contribution in [3.63, 3.8) is 0 Å². The fourth-order valence-corrected chi connectivity index (χ4v) is 2.22. The van der Waals surface area contributed by atoms with Gasteiger partial charge in [-0.15, -0.1) is 0 Å². The molecule has 4 N–H and O–H groups in total. The summed E-state index contributed by atoms with van der Waals surface area (Å²) in [6.07, 6.45) is 11.3. The van der Waals surface area contributed by atoms with Crippen LogP contribution in [0.25, 0.3) is 0 Å². The van der Waals surface area contributed by atoms with Crippen LogP contribution in [0.1, 0.15) is 31.7 Å². The maximum Gasteiger partial charge on any atom is 0.148 e. The van der Waals surface area contributed by atoms with Gasteiger partial charge in [0.1, 0.15) is 18.0 Å². The second kappa shape index (κ2) is 8.21. The van der Waals surface area contributed by atoms with E-state index in [1.807, 2.05) is 12.5 Å². The fourth-order valence-electron chi connectivity index (χ4n) is 2.22. The van der Waals surface area contributed by atoms with Crippen LogP contribution in [-0.2, 0) is 13.0 Å². The van der Waals surface area contributed by atoms with Crippen molar-refractivity contribution in [2.45, 2.75) is 39.2 Å². The van der Waals surface area contributed by atoms with Gasteiger partial charge in [0.2, 0.25) is 0 Å². The third kappa shape index (κ3) is 4.42. The first-order valence-electron chi connectivity index (χ1n) is 7.35. The molecule has 0 aliphatic rings. The number of nitrogen functional groups attached to an aromatic ring is 1. The Morgan fingerprint density at radius 1 is 1.24 bits per heavy atom. The van der Waals surface area contributed by atoms with Crippen LogP contribution in [0, 0.1) is 0 Å². The van der Waals surface area contributed by atoms with Crippen molar-refractivity contribution in [3.8, 4) is 0 Å². The maximum absolute atomic E-state index is 5.50. The van der Waals surface area contributed by atoms with Crippen molar-refractivity contribution in [3.05, 3.63) is 30.6 Å². The van der Waals surface area contributed by atoms with Gasteiger partial charge in [-0.25, -0.2) is 20.8 Å². The molecule has 0 radical (unpaired) electrons. The van der Waals surface area contributed by atoms with Gasteiger partial charge in [-0.05, 0) is 19.3 Å². The Labute approximate surface area is 125 Å². The van der Waals surface area contributed by atoms with Gasteiger partial charge < -0.3 is 15.3 Å². The van der Waals surface area contributed by atoms with Crippen LogP contribution in [0.15, 0.2) is 25.0 Å². The van der Waals surface area contributed by atoms with E-state index < -0.39 is 0 Å². The van der Waals surface area contributed by atoms with Gasteiger partial charge in [0, 0.05) is 31.0 Å². The molecule has 2 heterocycles. The van der Waals surface area contributed by atoms with E-state index in [9.17, 15) is 0 Å². The number of imidazole rings is 1. The maximum atomic E-state index is 5.50. The molecule has 7 nitrogen and oxygen atoms in total. The number of aromatic nitrogens is 4. The van der Waals surface area contributed by atoms with Crippen LogP contribution >= 0.6 is 0 Å². The topological polar surface area (TPSA) is 93.7 Å². The number of unbranched alkanes of at least 4 members (excludes halogenated alkanes) is 1. The molecule has 0 saturated heterocycles. The third-order valence-corrected chi connectivity index (χ3v) is 3.28. The molecule has 0 bridgehead atoms. The Bertz CT molecular complexity index is 524. The molecule has 0 aromatic carbocycles. The zero-order valence-corrected chi connectivity index (χ0v) is 12.4. The van der Waals surface area contributed by atoms with E-state index in [-0.39, 0.29) is 0 Å². The Morgan fingerprint density at radius 3 is 2.81 bits per heavy atom. The number of nitrogens with one attached hydrogen (secondary N) is 2. The first-order valence-corrected chi connectivity index (χ1v) is 7.35. The van der Waals surface area contributed by atoms with Gasteiger partial charge in [-0.2, -0.15) is 0 Å². The van der Waals surface area contributed by atoms with Gasteiger partial charge in [-0.1, -0.05) is 13.3 Å². The van der Waals surface area contributed by atoms with Crippen molar-refractivity contribution in [2.75, 3.05) is 17.3 Å². The first kappa shape index (κ1) is 15.2. The van der Waals surface area contributed by atoms with Crippen LogP contribution in [0.3, 0.4) is 0 Å². The molecule has 2 rings (SSSR count). The number of hydrogen-bond donors (Lipinski definition) is 3. The quantitative estimate of drug-likeness (QED) is 0.370. The molecular weight excluding hydrogens is 266 g/mol. The minimum Gasteiger partial charge on any atom is -0.370 e. The SMILES string of the molecule is CCCc1c(NN)ncnc1NCCCCn1ccnc1. The van der Waals surface area contributed by atoms with E-state index in [0.717, 1.165) is 50.2 Å². The molecule has 0 unspecified atom stereocenters. The van der Waals surface area contributed by atoms with Crippen molar-refractivity contribution < 1.29 is 0 Å². The van der Waals surface area contributed by atoms with E-state index >= 15 is 0 Å². The highest BCUT2D eigenvalue weighted by Crippen LogP contribution is 2.20. The number of hydrazine groups is 1. The molecule has 0 amide bonds. The molecule has 0 fully saturated rings. The largest absolute Gasteiger partial charge is 0.370 e. The number of rotatable bonds is 9. The number of nitrogens with two attached hydrogens (primary N) is 1. The lowest BCUT2D eigenvalue weighted by atomic mass is 10.1. The third-order valence-electron chi connectivity index (χ3n) is 3.28. The Hall–Kier alpha value is -2.15. The van der Waals surface area contributed by atoms with Gasteiger partial charge >= 0.3 is 0 Å². The van der Waals surface area contributed by atoms with E-state index in [4.69, 9.17) is 5.84 Å². The number of hydrogen-bond acceptors (Lipinski definition) is 6. The molecule has 2 aromatic rings. The zero-order chi connectivity index (χ0) is 14.9. The van der Waals surface area contributed by atoms with E-state index in [1.165, 1.54) is 6.33 Å². The lowest BCUT2D eigenvalue weighted by molar-refractivity contribution is 0.620. The van der Waals surface area contributed by atoms with Crippen LogP contribution in [0.4, 0.5) is 11.6 Å². The smallest absolute Gasteiger partial charge is 0.148 e. The minimum atomic E-state index is 0.702. The molecule has 0 spiro atoms. The molecule has 0 saturated carbocycles. The molecule has 0 aliphatic carbocycles. The average molecular weight is 289 g/mol. The van der Waals surface area contributed by atoms with Gasteiger partial charge in [0.15, 0.2) is 0 Å². The summed E-state index contributed by atoms with van der Waals surface area (Å²) < 4.78 is 2.09. The van der Waals surface area contributed by atoms with Gasteiger partial charge in [0.05, 0.1) is 6.33 Å². The second-order valence-electron chi connectivity index (χ2n) is 4.88. The summed E-state index contributed by atoms with van der Waals surface area (Å²) in [5.41, 5.74) is 3.69. The lowest BCUT2D eigenvalue weighted by Crippen LogP contribution is -2.15. The number of aryl methyl sites for hydroxylation is 1. The standard InChI is InChI=1S/C14H23N7/c1-2-5-12-13(18-10-19-14(12)20-15)17-6-3-4-8-21-9-7-16-11-21/h7,9-11H,2-6,8,15H2,1H3,(H2,17,18,19,20). The lowest BCUT2D eigenvalue weighted by Gasteiger charge is -2.13. The van der Waals surface area contributed by atoms with Gasteiger partial charge in [0.25, 0.3) is 0 Å². The highest BCUT2D eigenvalue weighted by Gasteiger charge is 2.09. The predicted molar refractivity (Wildman–Crippen MR) is 83.8 cm³/mol. The summed E-state index contributed by atoms with van der Waals surface area (Å²) in [4.78, 5) is 12.5. The first-order chi connectivity index (χ1) is 10.3. The van der Waals surface area contributed by atoms with Crippen molar-refractivity contribution >= 4 is 11.6 Å². The number of anilines is 2. The summed E-state index contributed by atoms with van der Waals surface area (Å²) >= 11 is 0. The summed E-state index contributed by atoms with van der Waals surface area (Å²) in [6.45, 7) is 4.00. The van der Waals surface area contributed by atoms with E-state index in [0.29, 0.717) is 5.82 Å². The van der Waals surface area contributed by atoms with Crippen LogP contribution in [0.5, 0.6) is 0 Å². The minimum absolute atomic E-state index is 0.702. The molecule has 7 heteroatoms. The van der Waals surface area contributed by atoms with Crippen molar-refractivity contribution in [1.29, 1.82) is 0 Å². The second-order valence-corrected chi connectivity index (χ2v) is 4.88. The monoisotopic (exact) mass is 289 g/mol. The molecular formula is C14H23N7. The Kier molecular flexibility index (Phi) is 5.96. The number of nitrogens with zero attached hydrogens (tertiary/aromatic N) is 4. The molecule has 0 aliphatic heterocycles. The molecule has 2 aromatic heterocycles. The summed E-state index contributed by atoms with van der Waals surface area (Å²) in [7, 11) is 0. The van der Waals surface area contributed by atoms with Gasteiger partial charge in [-0.3, -0.25) is 0 Å². The predicted octanol–water partition coefficient (Wildman–Crippen LogP) is 1.80. The van der Waals surface area contributed by atoms with Crippen molar-refractivity contribution in [1.82, 2.24) is 19.5 Å². The highest BCUT2D eigenvalue weighted by molar-refractivity contribution is 5.56. The van der Waals surface area contributed by atoms with E-state index in [1.54, 1.807) is 6.20 Å². The fraction of sp³-hybridized carbons (Fsp3) is 0.500. The molecule has 21 heavy (non-hydrogen) atoms. The summed E-state index contributed by atoms with van der Waals surface area (Å²) in [6, 6.07) is 0. The average Bonchev–Trinajstić information content (AvgIpc) is 3.01. The van der Waals surface area contributed by atoms with Crippen molar-refractivity contribution in [2.24, 2.45) is 5.84 Å². The summed E-state index contributed by atoms with van der Waals surface area (Å²) in [5, 5.41) is 3.38. The molecule has 114 valence electrons. The van der Waals surface area contributed by atoms with Crippen LogP contribution in [-0.4, -0.2) is 26.1 Å².